The Labute approximate surface area is 110 Å². The van der Waals surface area contributed by atoms with Gasteiger partial charge in [-0.3, -0.25) is 0 Å². The van der Waals surface area contributed by atoms with Gasteiger partial charge in [-0.15, -0.1) is 11.6 Å². The summed E-state index contributed by atoms with van der Waals surface area (Å²) in [5, 5.41) is 4.37. The molecule has 2 aromatic rings. The lowest BCUT2D eigenvalue weighted by Gasteiger charge is -1.97. The van der Waals surface area contributed by atoms with E-state index in [1.165, 1.54) is 0 Å². The van der Waals surface area contributed by atoms with Gasteiger partial charge in [-0.05, 0) is 40.8 Å². The van der Waals surface area contributed by atoms with E-state index < -0.39 is 0 Å². The van der Waals surface area contributed by atoms with Crippen LogP contribution in [-0.4, -0.2) is 10.1 Å². The summed E-state index contributed by atoms with van der Waals surface area (Å²) in [6.07, 6.45) is 0. The number of alkyl halides is 1. The van der Waals surface area contributed by atoms with E-state index in [4.69, 9.17) is 27.7 Å². The molecule has 0 aliphatic carbocycles. The van der Waals surface area contributed by atoms with E-state index in [-0.39, 0.29) is 5.88 Å². The molecule has 0 fully saturated rings. The molecule has 0 unspecified atom stereocenters. The summed E-state index contributed by atoms with van der Waals surface area (Å²) in [6.45, 7) is 0. The highest BCUT2D eigenvalue weighted by molar-refractivity contribution is 14.1. The smallest absolute Gasteiger partial charge is 0.258 e. The monoisotopic (exact) mass is 354 g/mol. The number of aromatic nitrogens is 2. The first kappa shape index (κ1) is 11.2. The normalized spacial score (nSPS) is 10.6. The van der Waals surface area contributed by atoms with Gasteiger partial charge in [0.2, 0.25) is 0 Å². The fraction of sp³-hybridized carbons (Fsp3) is 0.111. The fourth-order valence-corrected chi connectivity index (χ4v) is 1.68. The summed E-state index contributed by atoms with van der Waals surface area (Å²) in [4.78, 5) is 4.10. The number of hydrogen-bond donors (Lipinski definition) is 0. The molecule has 0 radical (unpaired) electrons. The Morgan fingerprint density at radius 3 is 2.80 bits per heavy atom. The van der Waals surface area contributed by atoms with Gasteiger partial charge in [0.25, 0.3) is 5.89 Å². The van der Waals surface area contributed by atoms with Gasteiger partial charge in [0.15, 0.2) is 5.82 Å². The molecule has 0 aliphatic rings. The van der Waals surface area contributed by atoms with Crippen LogP contribution in [0.3, 0.4) is 0 Å². The second kappa shape index (κ2) is 4.67. The summed E-state index contributed by atoms with van der Waals surface area (Å²) in [7, 11) is 0. The van der Waals surface area contributed by atoms with Crippen LogP contribution in [0, 0.1) is 3.57 Å². The maximum atomic E-state index is 5.98. The van der Waals surface area contributed by atoms with E-state index in [1.54, 1.807) is 6.07 Å². The standard InChI is InChI=1S/C9H5Cl2IN2O/c10-4-8-13-9(15-14-8)5-1-2-7(12)6(11)3-5/h1-3H,4H2. The minimum Gasteiger partial charge on any atom is -0.334 e. The van der Waals surface area contributed by atoms with Crippen LogP contribution in [0.5, 0.6) is 0 Å². The van der Waals surface area contributed by atoms with Crippen LogP contribution in [-0.2, 0) is 5.88 Å². The predicted molar refractivity (Wildman–Crippen MR) is 67.0 cm³/mol. The summed E-state index contributed by atoms with van der Waals surface area (Å²) in [6, 6.07) is 5.55. The maximum Gasteiger partial charge on any atom is 0.258 e. The fourth-order valence-electron chi connectivity index (χ4n) is 1.05. The van der Waals surface area contributed by atoms with Crippen molar-refractivity contribution in [3.63, 3.8) is 0 Å². The Morgan fingerprint density at radius 2 is 2.20 bits per heavy atom. The van der Waals surface area contributed by atoms with Gasteiger partial charge in [0.1, 0.15) is 0 Å². The van der Waals surface area contributed by atoms with E-state index in [9.17, 15) is 0 Å². The molecule has 15 heavy (non-hydrogen) atoms. The highest BCUT2D eigenvalue weighted by Gasteiger charge is 2.09. The van der Waals surface area contributed by atoms with Crippen molar-refractivity contribution in [3.05, 3.63) is 32.6 Å². The van der Waals surface area contributed by atoms with Gasteiger partial charge in [0, 0.05) is 9.13 Å². The summed E-state index contributed by atoms with van der Waals surface area (Å²) >= 11 is 13.7. The van der Waals surface area contributed by atoms with Gasteiger partial charge in [0.05, 0.1) is 10.9 Å². The van der Waals surface area contributed by atoms with Gasteiger partial charge in [-0.2, -0.15) is 4.98 Å². The summed E-state index contributed by atoms with van der Waals surface area (Å²) in [5.41, 5.74) is 0.796. The minimum atomic E-state index is 0.238. The lowest BCUT2D eigenvalue weighted by atomic mass is 10.2. The maximum absolute atomic E-state index is 5.98. The Morgan fingerprint density at radius 1 is 1.40 bits per heavy atom. The third-order valence-electron chi connectivity index (χ3n) is 1.75. The zero-order chi connectivity index (χ0) is 10.8. The lowest BCUT2D eigenvalue weighted by molar-refractivity contribution is 0.425. The van der Waals surface area contributed by atoms with Gasteiger partial charge in [-0.25, -0.2) is 0 Å². The number of halogens is 3. The van der Waals surface area contributed by atoms with Gasteiger partial charge in [-0.1, -0.05) is 16.8 Å². The van der Waals surface area contributed by atoms with Crippen LogP contribution in [0.1, 0.15) is 5.82 Å². The molecule has 3 nitrogen and oxygen atoms in total. The van der Waals surface area contributed by atoms with Crippen molar-refractivity contribution in [2.24, 2.45) is 0 Å². The molecular formula is C9H5Cl2IN2O. The van der Waals surface area contributed by atoms with Gasteiger partial charge >= 0.3 is 0 Å². The molecule has 0 bridgehead atoms. The third-order valence-corrected chi connectivity index (χ3v) is 3.57. The number of rotatable bonds is 2. The first-order valence-electron chi connectivity index (χ1n) is 4.04. The molecule has 0 saturated carbocycles. The Bertz CT molecular complexity index is 487. The molecular weight excluding hydrogens is 350 g/mol. The molecule has 1 aromatic heterocycles. The van der Waals surface area contributed by atoms with Crippen molar-refractivity contribution in [2.45, 2.75) is 5.88 Å². The summed E-state index contributed by atoms with van der Waals surface area (Å²) in [5.74, 6) is 1.15. The quantitative estimate of drug-likeness (QED) is 0.609. The molecule has 2 rings (SSSR count). The van der Waals surface area contributed by atoms with Crippen molar-refractivity contribution in [1.29, 1.82) is 0 Å². The minimum absolute atomic E-state index is 0.238. The Hall–Kier alpha value is -0.330. The van der Waals surface area contributed by atoms with Crippen LogP contribution < -0.4 is 0 Å². The summed E-state index contributed by atoms with van der Waals surface area (Å²) < 4.78 is 6.01. The van der Waals surface area contributed by atoms with Crippen LogP contribution >= 0.6 is 45.8 Å². The van der Waals surface area contributed by atoms with Crippen LogP contribution in [0.4, 0.5) is 0 Å². The van der Waals surface area contributed by atoms with Crippen LogP contribution in [0.15, 0.2) is 22.7 Å². The number of benzene rings is 1. The second-order valence-electron chi connectivity index (χ2n) is 2.78. The molecule has 0 saturated heterocycles. The molecule has 0 amide bonds. The average molecular weight is 355 g/mol. The SMILES string of the molecule is ClCc1noc(-c2ccc(I)c(Cl)c2)n1. The largest absolute Gasteiger partial charge is 0.334 e. The van der Waals surface area contributed by atoms with Crippen molar-refractivity contribution >= 4 is 45.8 Å². The third kappa shape index (κ3) is 2.43. The average Bonchev–Trinajstić information content (AvgIpc) is 2.70. The first-order valence-corrected chi connectivity index (χ1v) is 6.04. The van der Waals surface area contributed by atoms with Gasteiger partial charge < -0.3 is 4.52 Å². The van der Waals surface area contributed by atoms with E-state index in [2.05, 4.69) is 32.7 Å². The van der Waals surface area contributed by atoms with E-state index in [0.29, 0.717) is 16.7 Å². The molecule has 6 heteroatoms. The molecule has 0 spiro atoms. The van der Waals surface area contributed by atoms with Crippen LogP contribution in [0.25, 0.3) is 11.5 Å². The highest BCUT2D eigenvalue weighted by Crippen LogP contribution is 2.25. The molecule has 78 valence electrons. The Balaban J connectivity index is 2.40. The molecule has 1 heterocycles. The highest BCUT2D eigenvalue weighted by atomic mass is 127. The van der Waals surface area contributed by atoms with Crippen molar-refractivity contribution in [3.8, 4) is 11.5 Å². The lowest BCUT2D eigenvalue weighted by Crippen LogP contribution is -1.82. The number of hydrogen-bond acceptors (Lipinski definition) is 3. The van der Waals surface area contributed by atoms with Crippen LogP contribution in [0.2, 0.25) is 5.02 Å². The van der Waals surface area contributed by atoms with E-state index in [0.717, 1.165) is 9.13 Å². The predicted octanol–water partition coefficient (Wildman–Crippen LogP) is 3.73. The van der Waals surface area contributed by atoms with Crippen molar-refractivity contribution in [1.82, 2.24) is 10.1 Å². The Kier molecular flexibility index (Phi) is 3.48. The second-order valence-corrected chi connectivity index (χ2v) is 4.61. The zero-order valence-corrected chi connectivity index (χ0v) is 11.0. The van der Waals surface area contributed by atoms with E-state index in [1.807, 2.05) is 12.1 Å². The molecule has 0 atom stereocenters. The molecule has 0 aliphatic heterocycles. The topological polar surface area (TPSA) is 38.9 Å². The van der Waals surface area contributed by atoms with E-state index >= 15 is 0 Å². The molecule has 1 aromatic carbocycles. The first-order chi connectivity index (χ1) is 7.20. The van der Waals surface area contributed by atoms with Crippen molar-refractivity contribution in [2.75, 3.05) is 0 Å². The molecule has 0 N–H and O–H groups in total. The number of nitrogens with zero attached hydrogens (tertiary/aromatic N) is 2. The zero-order valence-electron chi connectivity index (χ0n) is 7.38. The van der Waals surface area contributed by atoms with Crippen molar-refractivity contribution < 1.29 is 4.52 Å².